The van der Waals surface area contributed by atoms with Gasteiger partial charge in [0.15, 0.2) is 0 Å². The van der Waals surface area contributed by atoms with Gasteiger partial charge in [0.1, 0.15) is 0 Å². The van der Waals surface area contributed by atoms with Gasteiger partial charge in [0.25, 0.3) is 0 Å². The molecule has 0 aliphatic rings. The maximum atomic E-state index is 11.3. The molecular formula is C10H16N2O6. The number of carbonyl (C=O) groups excluding carboxylic acids is 3. The summed E-state index contributed by atoms with van der Waals surface area (Å²) < 4.78 is 9.03. The van der Waals surface area contributed by atoms with E-state index in [1.165, 1.54) is 6.92 Å². The van der Waals surface area contributed by atoms with Crippen LogP contribution in [0.25, 0.3) is 0 Å². The van der Waals surface area contributed by atoms with Crippen LogP contribution < -0.4 is 10.8 Å². The minimum absolute atomic E-state index is 0.0693. The molecule has 0 aliphatic heterocycles. The normalized spacial score (nSPS) is 10.3. The van der Waals surface area contributed by atoms with E-state index in [4.69, 9.17) is 0 Å². The number of ether oxygens (including phenoxy) is 2. The van der Waals surface area contributed by atoms with E-state index < -0.39 is 18.2 Å². The third-order valence-electron chi connectivity index (χ3n) is 1.51. The van der Waals surface area contributed by atoms with Gasteiger partial charge in [0.05, 0.1) is 18.8 Å². The minimum Gasteiger partial charge on any atom is -0.450 e. The summed E-state index contributed by atoms with van der Waals surface area (Å²) in [7, 11) is 0. The number of hydrogen-bond donors (Lipinski definition) is 2. The van der Waals surface area contributed by atoms with Gasteiger partial charge in [0.2, 0.25) is 0 Å². The van der Waals surface area contributed by atoms with Gasteiger partial charge >= 0.3 is 18.2 Å². The van der Waals surface area contributed by atoms with Crippen LogP contribution >= 0.6 is 0 Å². The maximum absolute atomic E-state index is 11.3. The molecule has 0 radical (unpaired) electrons. The van der Waals surface area contributed by atoms with Crippen LogP contribution in [0, 0.1) is 0 Å². The standard InChI is InChI=1S/C10H16N2O6/c1-4-16-9(14)11-6-7(3)8(13)18-12-10(15)17-5-2/h6H,4-5H2,1-3H3,(H,11,14)(H,12,15). The zero-order valence-electron chi connectivity index (χ0n) is 10.4. The number of hydroxylamine groups is 1. The summed E-state index contributed by atoms with van der Waals surface area (Å²) in [5.74, 6) is -0.833. The Kier molecular flexibility index (Phi) is 7.74. The summed E-state index contributed by atoms with van der Waals surface area (Å²) in [6, 6.07) is 0. The minimum atomic E-state index is -0.878. The molecule has 0 aromatic carbocycles. The summed E-state index contributed by atoms with van der Waals surface area (Å²) >= 11 is 0. The van der Waals surface area contributed by atoms with Crippen molar-refractivity contribution in [1.29, 1.82) is 0 Å². The average molecular weight is 260 g/mol. The van der Waals surface area contributed by atoms with Gasteiger partial charge in [-0.25, -0.2) is 14.4 Å². The van der Waals surface area contributed by atoms with Crippen LogP contribution in [0.3, 0.4) is 0 Å². The molecule has 0 fully saturated rings. The molecule has 8 heteroatoms. The zero-order valence-corrected chi connectivity index (χ0v) is 10.4. The molecule has 0 bridgehead atoms. The van der Waals surface area contributed by atoms with Crippen molar-refractivity contribution in [2.45, 2.75) is 20.8 Å². The molecule has 0 rings (SSSR count). The molecule has 0 aliphatic carbocycles. The Morgan fingerprint density at radius 3 is 2.17 bits per heavy atom. The quantitative estimate of drug-likeness (QED) is 0.441. The molecule has 102 valence electrons. The smallest absolute Gasteiger partial charge is 0.440 e. The SMILES string of the molecule is CCOC(=O)NC=C(C)C(=O)ONC(=O)OCC. The summed E-state index contributed by atoms with van der Waals surface area (Å²) in [5, 5.41) is 2.21. The van der Waals surface area contributed by atoms with Crippen LogP contribution in [0.4, 0.5) is 9.59 Å². The lowest BCUT2D eigenvalue weighted by Gasteiger charge is -2.05. The summed E-state index contributed by atoms with van der Waals surface area (Å²) in [5.41, 5.74) is 1.85. The highest BCUT2D eigenvalue weighted by Crippen LogP contribution is 1.94. The van der Waals surface area contributed by atoms with E-state index in [2.05, 4.69) is 19.6 Å². The highest BCUT2D eigenvalue weighted by atomic mass is 16.7. The molecular weight excluding hydrogens is 244 g/mol. The number of carbonyl (C=O) groups is 3. The molecule has 0 saturated carbocycles. The summed E-state index contributed by atoms with van der Waals surface area (Å²) in [4.78, 5) is 37.4. The summed E-state index contributed by atoms with van der Waals surface area (Å²) in [6.07, 6.45) is -0.465. The Balaban J connectivity index is 4.05. The highest BCUT2D eigenvalue weighted by molar-refractivity contribution is 5.88. The van der Waals surface area contributed by atoms with Crippen molar-refractivity contribution in [3.63, 3.8) is 0 Å². The van der Waals surface area contributed by atoms with E-state index >= 15 is 0 Å². The van der Waals surface area contributed by atoms with E-state index in [1.54, 1.807) is 19.3 Å². The van der Waals surface area contributed by atoms with E-state index in [0.717, 1.165) is 6.20 Å². The van der Waals surface area contributed by atoms with Crippen molar-refractivity contribution in [3.8, 4) is 0 Å². The van der Waals surface area contributed by atoms with E-state index in [0.29, 0.717) is 0 Å². The lowest BCUT2D eigenvalue weighted by molar-refractivity contribution is -0.144. The second-order valence-electron chi connectivity index (χ2n) is 2.90. The first-order valence-electron chi connectivity index (χ1n) is 5.25. The van der Waals surface area contributed by atoms with Crippen molar-refractivity contribution in [2.24, 2.45) is 0 Å². The fourth-order valence-electron chi connectivity index (χ4n) is 0.728. The molecule has 0 atom stereocenters. The van der Waals surface area contributed by atoms with Crippen molar-refractivity contribution in [2.75, 3.05) is 13.2 Å². The Bertz CT molecular complexity index is 339. The van der Waals surface area contributed by atoms with E-state index in [-0.39, 0.29) is 18.8 Å². The number of amides is 2. The largest absolute Gasteiger partial charge is 0.450 e. The number of nitrogens with one attached hydrogen (secondary N) is 2. The molecule has 8 nitrogen and oxygen atoms in total. The average Bonchev–Trinajstić information content (AvgIpc) is 2.33. The Morgan fingerprint density at radius 1 is 1.06 bits per heavy atom. The van der Waals surface area contributed by atoms with Crippen LogP contribution in [0.1, 0.15) is 20.8 Å². The van der Waals surface area contributed by atoms with Crippen molar-refractivity contribution >= 4 is 18.2 Å². The van der Waals surface area contributed by atoms with Crippen LogP contribution in [0.2, 0.25) is 0 Å². The van der Waals surface area contributed by atoms with Crippen LogP contribution in [0.5, 0.6) is 0 Å². The van der Waals surface area contributed by atoms with Crippen LogP contribution in [-0.4, -0.2) is 31.4 Å². The zero-order chi connectivity index (χ0) is 14.0. The number of rotatable bonds is 4. The van der Waals surface area contributed by atoms with Gasteiger partial charge in [-0.1, -0.05) is 0 Å². The molecule has 2 amide bonds. The van der Waals surface area contributed by atoms with Crippen molar-refractivity contribution in [1.82, 2.24) is 10.8 Å². The third kappa shape index (κ3) is 7.09. The first-order valence-corrected chi connectivity index (χ1v) is 5.25. The lowest BCUT2D eigenvalue weighted by Crippen LogP contribution is -2.28. The van der Waals surface area contributed by atoms with Gasteiger partial charge in [-0.3, -0.25) is 5.32 Å². The van der Waals surface area contributed by atoms with Crippen molar-refractivity contribution < 1.29 is 28.7 Å². The third-order valence-corrected chi connectivity index (χ3v) is 1.51. The van der Waals surface area contributed by atoms with E-state index in [1.807, 2.05) is 0 Å². The Labute approximate surface area is 104 Å². The second-order valence-corrected chi connectivity index (χ2v) is 2.90. The topological polar surface area (TPSA) is 103 Å². The molecule has 18 heavy (non-hydrogen) atoms. The Hall–Kier alpha value is -2.25. The fraction of sp³-hybridized carbons (Fsp3) is 0.500. The summed E-state index contributed by atoms with van der Waals surface area (Å²) in [6.45, 7) is 5.01. The first-order chi connectivity index (χ1) is 8.51. The van der Waals surface area contributed by atoms with Gasteiger partial charge in [-0.15, -0.1) is 5.48 Å². The van der Waals surface area contributed by atoms with Crippen LogP contribution in [-0.2, 0) is 19.1 Å². The van der Waals surface area contributed by atoms with Gasteiger partial charge in [-0.2, -0.15) is 0 Å². The maximum Gasteiger partial charge on any atom is 0.440 e. The van der Waals surface area contributed by atoms with E-state index in [9.17, 15) is 14.4 Å². The molecule has 2 N–H and O–H groups in total. The predicted molar refractivity (Wildman–Crippen MR) is 60.2 cm³/mol. The fourth-order valence-corrected chi connectivity index (χ4v) is 0.728. The molecule has 0 spiro atoms. The second kappa shape index (κ2) is 8.85. The Morgan fingerprint density at radius 2 is 1.61 bits per heavy atom. The molecule has 0 aromatic rings. The predicted octanol–water partition coefficient (Wildman–Crippen LogP) is 0.841. The van der Waals surface area contributed by atoms with Crippen LogP contribution in [0.15, 0.2) is 11.8 Å². The molecule has 0 saturated heterocycles. The molecule has 0 heterocycles. The molecule has 0 unspecified atom stereocenters. The molecule has 0 aromatic heterocycles. The van der Waals surface area contributed by atoms with Gasteiger partial charge in [-0.05, 0) is 20.8 Å². The number of alkyl carbamates (subject to hydrolysis) is 1. The number of hydrogen-bond acceptors (Lipinski definition) is 6. The van der Waals surface area contributed by atoms with Gasteiger partial charge < -0.3 is 14.3 Å². The van der Waals surface area contributed by atoms with Crippen molar-refractivity contribution in [3.05, 3.63) is 11.8 Å². The highest BCUT2D eigenvalue weighted by Gasteiger charge is 2.09. The first kappa shape index (κ1) is 15.8. The lowest BCUT2D eigenvalue weighted by atomic mass is 10.3. The van der Waals surface area contributed by atoms with Gasteiger partial charge in [0, 0.05) is 6.20 Å². The monoisotopic (exact) mass is 260 g/mol.